The van der Waals surface area contributed by atoms with Crippen molar-refractivity contribution in [1.29, 1.82) is 0 Å². The van der Waals surface area contributed by atoms with Gasteiger partial charge in [0, 0.05) is 42.3 Å². The molecule has 36 heavy (non-hydrogen) atoms. The molecular formula is C23H28N4O8S. The number of hydrogen-bond acceptors (Lipinski definition) is 12. The zero-order valence-corrected chi connectivity index (χ0v) is 20.3. The second-order valence-corrected chi connectivity index (χ2v) is 9.02. The zero-order valence-electron chi connectivity index (χ0n) is 19.5. The summed E-state index contributed by atoms with van der Waals surface area (Å²) in [6.45, 7) is 1.16. The number of nitrogens with two attached hydrogens (primary N) is 1. The molecule has 1 heterocycles. The minimum absolute atomic E-state index is 0.0333. The number of thiazole rings is 1. The Balaban J connectivity index is 1.61. The van der Waals surface area contributed by atoms with Crippen molar-refractivity contribution in [3.8, 4) is 23.0 Å². The van der Waals surface area contributed by atoms with E-state index in [1.54, 1.807) is 29.6 Å². The Hall–Kier alpha value is -3.62. The third-order valence-electron chi connectivity index (χ3n) is 5.46. The third kappa shape index (κ3) is 6.33. The van der Waals surface area contributed by atoms with E-state index >= 15 is 0 Å². The van der Waals surface area contributed by atoms with Gasteiger partial charge in [-0.15, -0.1) is 11.3 Å². The van der Waals surface area contributed by atoms with Gasteiger partial charge in [-0.05, 0) is 24.6 Å². The Kier molecular flexibility index (Phi) is 8.22. The van der Waals surface area contributed by atoms with E-state index in [9.17, 15) is 35.4 Å². The number of ether oxygens (including phenoxy) is 1. The summed E-state index contributed by atoms with van der Waals surface area (Å²) in [5.41, 5.74) is 7.19. The number of methoxy groups -OCH3 is 1. The molecule has 12 nitrogen and oxygen atoms in total. The summed E-state index contributed by atoms with van der Waals surface area (Å²) in [6.07, 6.45) is -1.19. The predicted octanol–water partition coefficient (Wildman–Crippen LogP) is 1.20. The van der Waals surface area contributed by atoms with Crippen LogP contribution in [-0.2, 0) is 22.4 Å². The van der Waals surface area contributed by atoms with Crippen LogP contribution in [0.1, 0.15) is 28.5 Å². The van der Waals surface area contributed by atoms with E-state index in [1.807, 2.05) is 0 Å². The number of benzene rings is 2. The molecule has 3 rings (SSSR count). The van der Waals surface area contributed by atoms with E-state index in [-0.39, 0.29) is 36.4 Å². The lowest BCUT2D eigenvalue weighted by molar-refractivity contribution is -0.187. The summed E-state index contributed by atoms with van der Waals surface area (Å²) in [5.74, 6) is -5.79. The van der Waals surface area contributed by atoms with Crippen LogP contribution >= 0.6 is 11.3 Å². The van der Waals surface area contributed by atoms with Gasteiger partial charge in [-0.3, -0.25) is 10.1 Å². The summed E-state index contributed by atoms with van der Waals surface area (Å²) >= 11 is 1.25. The van der Waals surface area contributed by atoms with Crippen LogP contribution in [0.4, 0.5) is 10.8 Å². The fraction of sp³-hybridized carbons (Fsp3) is 0.304. The number of carbonyl (C=O) groups is 1. The van der Waals surface area contributed by atoms with Gasteiger partial charge < -0.3 is 46.4 Å². The van der Waals surface area contributed by atoms with E-state index in [4.69, 9.17) is 10.5 Å². The summed E-state index contributed by atoms with van der Waals surface area (Å²) in [4.78, 5) is 16.2. The molecule has 2 aromatic carbocycles. The number of rotatable bonds is 10. The molecule has 1 amide bonds. The van der Waals surface area contributed by atoms with Crippen LogP contribution in [0.5, 0.6) is 23.0 Å². The van der Waals surface area contributed by atoms with E-state index < -0.39 is 35.0 Å². The first-order valence-corrected chi connectivity index (χ1v) is 11.6. The highest BCUT2D eigenvalue weighted by atomic mass is 32.1. The fourth-order valence-corrected chi connectivity index (χ4v) is 4.18. The first-order valence-electron chi connectivity index (χ1n) is 10.7. The molecule has 0 aliphatic carbocycles. The minimum atomic E-state index is -2.39. The van der Waals surface area contributed by atoms with Gasteiger partial charge in [-0.1, -0.05) is 12.1 Å². The number of anilines is 2. The maximum atomic E-state index is 12.2. The highest BCUT2D eigenvalue weighted by Gasteiger charge is 2.30. The second-order valence-electron chi connectivity index (χ2n) is 8.13. The first-order chi connectivity index (χ1) is 16.9. The van der Waals surface area contributed by atoms with E-state index in [0.717, 1.165) is 0 Å². The molecule has 0 aliphatic heterocycles. The van der Waals surface area contributed by atoms with Gasteiger partial charge in [0.2, 0.25) is 23.3 Å². The molecule has 0 bridgehead atoms. The molecule has 13 heteroatoms. The van der Waals surface area contributed by atoms with Crippen LogP contribution in [0.2, 0.25) is 0 Å². The fourth-order valence-electron chi connectivity index (χ4n) is 3.61. The van der Waals surface area contributed by atoms with Crippen molar-refractivity contribution in [2.75, 3.05) is 24.7 Å². The molecule has 0 spiro atoms. The molecule has 3 aromatic rings. The molecule has 1 aromatic heterocycles. The quantitative estimate of drug-likeness (QED) is 0.105. The third-order valence-corrected chi connectivity index (χ3v) is 6.19. The molecule has 1 unspecified atom stereocenters. The number of phenolic OH excluding ortho intramolecular Hbond substituents is 4. The molecule has 194 valence electrons. The SMILES string of the molecule is COC(CNC(O)(O)Cc1ccc(NC(=O)Cc2csc(N)n2)cc1)c1c(C)c(O)c(O)c(O)c1O. The van der Waals surface area contributed by atoms with Crippen LogP contribution < -0.4 is 16.4 Å². The van der Waals surface area contributed by atoms with Crippen molar-refractivity contribution in [1.82, 2.24) is 10.3 Å². The number of hydrogen-bond donors (Lipinski definition) is 9. The Morgan fingerprint density at radius 1 is 1.11 bits per heavy atom. The zero-order chi connectivity index (χ0) is 26.6. The standard InChI is InChI=1S/C23H28N4O8S/c1-11-17(19(30)21(32)20(31)18(11)29)15(35-2)9-25-23(33,34)8-12-3-5-13(6-4-12)26-16(28)7-14-10-36-22(24)27-14/h3-6,10,15,25,29-34H,7-9H2,1-2H3,(H2,24,27)(H,26,28). The Bertz CT molecular complexity index is 1200. The van der Waals surface area contributed by atoms with Crippen molar-refractivity contribution >= 4 is 28.1 Å². The smallest absolute Gasteiger partial charge is 0.230 e. The van der Waals surface area contributed by atoms with Gasteiger partial charge in [-0.2, -0.15) is 0 Å². The van der Waals surface area contributed by atoms with Gasteiger partial charge in [0.05, 0.1) is 18.2 Å². The van der Waals surface area contributed by atoms with Crippen molar-refractivity contribution in [3.05, 3.63) is 52.0 Å². The molecule has 0 fully saturated rings. The van der Waals surface area contributed by atoms with Gasteiger partial charge in [0.25, 0.3) is 0 Å². The highest BCUT2D eigenvalue weighted by molar-refractivity contribution is 7.13. The highest BCUT2D eigenvalue weighted by Crippen LogP contribution is 2.49. The average molecular weight is 521 g/mol. The number of amides is 1. The molecule has 0 saturated carbocycles. The van der Waals surface area contributed by atoms with Crippen molar-refractivity contribution < 1.29 is 40.2 Å². The largest absolute Gasteiger partial charge is 0.504 e. The van der Waals surface area contributed by atoms with Crippen LogP contribution in [0.15, 0.2) is 29.6 Å². The van der Waals surface area contributed by atoms with E-state index in [1.165, 1.54) is 25.4 Å². The molecular weight excluding hydrogens is 492 g/mol. The van der Waals surface area contributed by atoms with Crippen LogP contribution in [0, 0.1) is 6.92 Å². The molecule has 0 saturated heterocycles. The normalized spacial score (nSPS) is 12.4. The Morgan fingerprint density at radius 3 is 2.33 bits per heavy atom. The number of nitrogens with one attached hydrogen (secondary N) is 2. The van der Waals surface area contributed by atoms with Crippen molar-refractivity contribution in [3.63, 3.8) is 0 Å². The molecule has 0 aliphatic rings. The second kappa shape index (κ2) is 11.0. The maximum Gasteiger partial charge on any atom is 0.230 e. The molecule has 10 N–H and O–H groups in total. The van der Waals surface area contributed by atoms with E-state index in [0.29, 0.717) is 22.1 Å². The Morgan fingerprint density at radius 2 is 1.75 bits per heavy atom. The monoisotopic (exact) mass is 520 g/mol. The number of aromatic hydroxyl groups is 4. The van der Waals surface area contributed by atoms with Gasteiger partial charge in [0.15, 0.2) is 16.6 Å². The number of nitrogens with zero attached hydrogens (tertiary/aromatic N) is 1. The molecule has 1 atom stereocenters. The van der Waals surface area contributed by atoms with Crippen molar-refractivity contribution in [2.24, 2.45) is 0 Å². The lowest BCUT2D eigenvalue weighted by atomic mass is 9.99. The lowest BCUT2D eigenvalue weighted by Crippen LogP contribution is -2.48. The number of carbonyl (C=O) groups excluding carboxylic acids is 1. The average Bonchev–Trinajstić information content (AvgIpc) is 3.23. The van der Waals surface area contributed by atoms with E-state index in [2.05, 4.69) is 15.6 Å². The first kappa shape index (κ1) is 27.0. The number of aromatic nitrogens is 1. The summed E-state index contributed by atoms with van der Waals surface area (Å²) in [5, 5.41) is 67.9. The van der Waals surface area contributed by atoms with Gasteiger partial charge in [0.1, 0.15) is 0 Å². The summed E-state index contributed by atoms with van der Waals surface area (Å²) in [6, 6.07) is 6.44. The minimum Gasteiger partial charge on any atom is -0.504 e. The summed E-state index contributed by atoms with van der Waals surface area (Å²) in [7, 11) is 1.29. The number of aliphatic hydroxyl groups is 2. The van der Waals surface area contributed by atoms with Gasteiger partial charge in [-0.25, -0.2) is 4.98 Å². The summed E-state index contributed by atoms with van der Waals surface area (Å²) < 4.78 is 5.29. The van der Waals surface area contributed by atoms with Crippen LogP contribution in [-0.4, -0.2) is 61.1 Å². The molecule has 0 radical (unpaired) electrons. The Labute approximate surface area is 210 Å². The number of phenols is 4. The maximum absolute atomic E-state index is 12.2. The van der Waals surface area contributed by atoms with Crippen LogP contribution in [0.25, 0.3) is 0 Å². The predicted molar refractivity (Wildman–Crippen MR) is 132 cm³/mol. The lowest BCUT2D eigenvalue weighted by Gasteiger charge is -2.27. The number of nitrogen functional groups attached to an aromatic ring is 1. The van der Waals surface area contributed by atoms with Crippen LogP contribution in [0.3, 0.4) is 0 Å². The van der Waals surface area contributed by atoms with Gasteiger partial charge >= 0.3 is 0 Å². The topological polar surface area (TPSA) is 211 Å². The van der Waals surface area contributed by atoms with Crippen molar-refractivity contribution in [2.45, 2.75) is 31.8 Å².